The van der Waals surface area contributed by atoms with Gasteiger partial charge < -0.3 is 15.8 Å². The minimum Gasteiger partial charge on any atom is -0.461 e. The minimum atomic E-state index is -1.89. The summed E-state index contributed by atoms with van der Waals surface area (Å²) in [5.41, 5.74) is 6.78. The molecule has 0 amide bonds. The molecule has 1 saturated carbocycles. The summed E-state index contributed by atoms with van der Waals surface area (Å²) in [6, 6.07) is 5.82. The van der Waals surface area contributed by atoms with E-state index in [4.69, 9.17) is 27.1 Å². The van der Waals surface area contributed by atoms with E-state index in [1.165, 1.54) is 18.2 Å². The van der Waals surface area contributed by atoms with Crippen LogP contribution in [0, 0.1) is 23.5 Å². The molecule has 0 spiro atoms. The first-order chi connectivity index (χ1) is 22.5. The summed E-state index contributed by atoms with van der Waals surface area (Å²) >= 11 is 6.48. The van der Waals surface area contributed by atoms with Crippen LogP contribution in [0.3, 0.4) is 0 Å². The molecule has 4 aliphatic rings. The van der Waals surface area contributed by atoms with E-state index < -0.39 is 29.6 Å². The Hall–Kier alpha value is -3.48. The Labute approximate surface area is 274 Å². The fourth-order valence-corrected chi connectivity index (χ4v) is 8.71. The van der Waals surface area contributed by atoms with Crippen LogP contribution in [0.4, 0.5) is 29.1 Å². The van der Waals surface area contributed by atoms with Gasteiger partial charge in [-0.15, -0.1) is 0 Å². The molecule has 47 heavy (non-hydrogen) atoms. The molecule has 5 heterocycles. The second-order valence-electron chi connectivity index (χ2n) is 13.7. The number of rotatable bonds is 4. The standard InChI is InChI=1S/C34H36ClF4N7O/c1-17-12-23-26-30(28(38)29(42-23)20-14-19(40)13-18-4-5-22(36)27(35)25(18)20)43-32(47-16-33-7-2-10-46(33)11-3-8-33)44-31(26)41-15-24(37)45-34(39)9-6-21(17)34/h4-5,13-14,17,21,24,45H,2-3,6-12,15-16,40H2,1H3,(H,41,43,44)/t17-,21?,24?,34-/m0/s1. The number of aromatic nitrogens is 3. The zero-order valence-corrected chi connectivity index (χ0v) is 26.7. The van der Waals surface area contributed by atoms with Crippen LogP contribution in [0.25, 0.3) is 32.9 Å². The summed E-state index contributed by atoms with van der Waals surface area (Å²) in [5, 5.41) is 6.34. The van der Waals surface area contributed by atoms with Crippen molar-refractivity contribution in [3.8, 4) is 17.3 Å². The fraction of sp³-hybridized carbons (Fsp3) is 0.500. The van der Waals surface area contributed by atoms with Gasteiger partial charge in [-0.05, 0) is 87.5 Å². The van der Waals surface area contributed by atoms with Crippen molar-refractivity contribution < 1.29 is 22.3 Å². The van der Waals surface area contributed by atoms with Gasteiger partial charge in [0.05, 0.1) is 28.2 Å². The molecule has 8 rings (SSSR count). The normalized spacial score (nSPS) is 27.1. The van der Waals surface area contributed by atoms with E-state index in [-0.39, 0.29) is 75.2 Å². The van der Waals surface area contributed by atoms with E-state index in [2.05, 4.69) is 25.5 Å². The molecular formula is C34H36ClF4N7O. The van der Waals surface area contributed by atoms with Crippen molar-refractivity contribution in [2.45, 2.75) is 69.5 Å². The molecule has 248 valence electrons. The van der Waals surface area contributed by atoms with Crippen molar-refractivity contribution >= 4 is 44.8 Å². The van der Waals surface area contributed by atoms with Crippen LogP contribution in [-0.4, -0.2) is 63.7 Å². The number of nitrogens with zero attached hydrogens (tertiary/aromatic N) is 4. The molecule has 2 aromatic heterocycles. The highest BCUT2D eigenvalue weighted by atomic mass is 35.5. The lowest BCUT2D eigenvalue weighted by Gasteiger charge is -2.47. The number of fused-ring (bicyclic) bond motifs is 3. The van der Waals surface area contributed by atoms with Crippen molar-refractivity contribution in [2.75, 3.05) is 37.3 Å². The van der Waals surface area contributed by atoms with Crippen LogP contribution < -0.4 is 21.1 Å². The molecule has 4 N–H and O–H groups in total. The Morgan fingerprint density at radius 1 is 1.09 bits per heavy atom. The summed E-state index contributed by atoms with van der Waals surface area (Å²) in [7, 11) is 0. The number of nitrogens with one attached hydrogen (secondary N) is 2. The maximum atomic E-state index is 17.0. The molecule has 2 aromatic carbocycles. The van der Waals surface area contributed by atoms with E-state index in [1.807, 2.05) is 6.92 Å². The lowest BCUT2D eigenvalue weighted by Crippen LogP contribution is -2.60. The Morgan fingerprint density at radius 2 is 1.87 bits per heavy atom. The number of pyridine rings is 1. The van der Waals surface area contributed by atoms with Gasteiger partial charge in [-0.3, -0.25) is 10.2 Å². The van der Waals surface area contributed by atoms with Crippen LogP contribution in [0.5, 0.6) is 6.01 Å². The number of nitrogens with two attached hydrogens (primary N) is 1. The van der Waals surface area contributed by atoms with Crippen molar-refractivity contribution in [2.24, 2.45) is 11.8 Å². The SMILES string of the molecule is C[C@H]1Cc2nc(-c3cc(N)cc4ccc(F)c(Cl)c34)c(F)c3nc(OCC45CCCN4CCC5)nc(c23)NCC(F)N[C@@]2(F)CCC12. The number of nitrogen functional groups attached to an aromatic ring is 1. The molecule has 2 unspecified atom stereocenters. The monoisotopic (exact) mass is 669 g/mol. The van der Waals surface area contributed by atoms with Gasteiger partial charge in [0.15, 0.2) is 17.9 Å². The zero-order valence-electron chi connectivity index (χ0n) is 26.0. The number of hydrogen-bond donors (Lipinski definition) is 3. The van der Waals surface area contributed by atoms with Gasteiger partial charge in [0.25, 0.3) is 0 Å². The summed E-state index contributed by atoms with van der Waals surface area (Å²) in [6.45, 7) is 3.88. The van der Waals surface area contributed by atoms with Crippen LogP contribution in [0.2, 0.25) is 5.02 Å². The Balaban J connectivity index is 1.33. The summed E-state index contributed by atoms with van der Waals surface area (Å²) in [6.07, 6.45) is 3.34. The summed E-state index contributed by atoms with van der Waals surface area (Å²) in [4.78, 5) is 16.5. The molecular weight excluding hydrogens is 634 g/mol. The first-order valence-electron chi connectivity index (χ1n) is 16.4. The van der Waals surface area contributed by atoms with Gasteiger partial charge in [-0.1, -0.05) is 24.6 Å². The molecule has 0 bridgehead atoms. The molecule has 2 saturated heterocycles. The smallest absolute Gasteiger partial charge is 0.319 e. The molecule has 4 atom stereocenters. The van der Waals surface area contributed by atoms with E-state index in [9.17, 15) is 4.39 Å². The predicted octanol–water partition coefficient (Wildman–Crippen LogP) is 6.93. The number of halogens is 5. The highest BCUT2D eigenvalue weighted by molar-refractivity contribution is 6.37. The third-order valence-electron chi connectivity index (χ3n) is 10.9. The van der Waals surface area contributed by atoms with E-state index in [1.54, 1.807) is 6.07 Å². The number of alkyl halides is 2. The first-order valence-corrected chi connectivity index (χ1v) is 16.7. The second-order valence-corrected chi connectivity index (χ2v) is 14.1. The number of ether oxygens (including phenoxy) is 1. The second kappa shape index (κ2) is 11.3. The molecule has 4 aromatic rings. The average Bonchev–Trinajstić information content (AvgIpc) is 3.61. The molecule has 0 radical (unpaired) electrons. The first kappa shape index (κ1) is 30.8. The lowest BCUT2D eigenvalue weighted by atomic mass is 9.68. The highest BCUT2D eigenvalue weighted by Gasteiger charge is 2.51. The topological polar surface area (TPSA) is 101 Å². The van der Waals surface area contributed by atoms with Crippen molar-refractivity contribution in [1.29, 1.82) is 0 Å². The van der Waals surface area contributed by atoms with Gasteiger partial charge >= 0.3 is 6.01 Å². The lowest BCUT2D eigenvalue weighted by molar-refractivity contribution is -0.0913. The largest absolute Gasteiger partial charge is 0.461 e. The Bertz CT molecular complexity index is 1900. The van der Waals surface area contributed by atoms with Crippen molar-refractivity contribution in [3.05, 3.63) is 46.6 Å². The third-order valence-corrected chi connectivity index (χ3v) is 11.2. The average molecular weight is 670 g/mol. The van der Waals surface area contributed by atoms with E-state index in [0.29, 0.717) is 29.8 Å². The van der Waals surface area contributed by atoms with Gasteiger partial charge in [-0.2, -0.15) is 9.97 Å². The molecule has 13 heteroatoms. The molecule has 3 aliphatic heterocycles. The van der Waals surface area contributed by atoms with E-state index >= 15 is 13.2 Å². The Morgan fingerprint density at radius 3 is 2.62 bits per heavy atom. The van der Waals surface area contributed by atoms with Crippen LogP contribution >= 0.6 is 11.6 Å². The van der Waals surface area contributed by atoms with Crippen molar-refractivity contribution in [1.82, 2.24) is 25.2 Å². The zero-order chi connectivity index (χ0) is 32.7. The Kier molecular flexibility index (Phi) is 7.42. The molecule has 8 nitrogen and oxygen atoms in total. The summed E-state index contributed by atoms with van der Waals surface area (Å²) < 4.78 is 69.2. The van der Waals surface area contributed by atoms with Gasteiger partial charge in [-0.25, -0.2) is 22.5 Å². The molecule has 3 fully saturated rings. The van der Waals surface area contributed by atoms with Crippen LogP contribution in [0.1, 0.15) is 51.1 Å². The maximum Gasteiger partial charge on any atom is 0.319 e. The number of hydrogen-bond acceptors (Lipinski definition) is 8. The predicted molar refractivity (Wildman–Crippen MR) is 174 cm³/mol. The number of anilines is 2. The van der Waals surface area contributed by atoms with Crippen LogP contribution in [-0.2, 0) is 6.42 Å². The third kappa shape index (κ3) is 5.05. The minimum absolute atomic E-state index is 0.0649. The van der Waals surface area contributed by atoms with Gasteiger partial charge in [0.2, 0.25) is 0 Å². The fourth-order valence-electron chi connectivity index (χ4n) is 8.43. The van der Waals surface area contributed by atoms with E-state index in [0.717, 1.165) is 38.8 Å². The molecule has 1 aliphatic carbocycles. The van der Waals surface area contributed by atoms with Gasteiger partial charge in [0.1, 0.15) is 29.5 Å². The van der Waals surface area contributed by atoms with Crippen molar-refractivity contribution in [3.63, 3.8) is 0 Å². The highest BCUT2D eigenvalue weighted by Crippen LogP contribution is 2.47. The summed E-state index contributed by atoms with van der Waals surface area (Å²) in [5.74, 6) is -4.03. The number of benzene rings is 2. The van der Waals surface area contributed by atoms with Gasteiger partial charge in [0, 0.05) is 22.6 Å². The quantitative estimate of drug-likeness (QED) is 0.122. The van der Waals surface area contributed by atoms with Crippen LogP contribution in [0.15, 0.2) is 24.3 Å². The maximum absolute atomic E-state index is 17.0.